The van der Waals surface area contributed by atoms with Crippen LogP contribution < -0.4 is 5.32 Å². The molecule has 0 spiro atoms. The van der Waals surface area contributed by atoms with E-state index < -0.39 is 11.0 Å². The first kappa shape index (κ1) is 13.0. The smallest absolute Gasteiger partial charge is 0.271 e. The maximum atomic E-state index is 11.7. The van der Waals surface area contributed by atoms with E-state index >= 15 is 0 Å². The van der Waals surface area contributed by atoms with Crippen molar-refractivity contribution in [3.63, 3.8) is 0 Å². The molecule has 0 radical (unpaired) electrons. The number of nitrogens with zero attached hydrogens (tertiary/aromatic N) is 2. The quantitative estimate of drug-likeness (QED) is 0.500. The summed E-state index contributed by atoms with van der Waals surface area (Å²) in [6.07, 6.45) is 0.0665. The van der Waals surface area contributed by atoms with Gasteiger partial charge in [-0.15, -0.1) is 0 Å². The molecule has 7 nitrogen and oxygen atoms in total. The number of nitro groups is 1. The van der Waals surface area contributed by atoms with Crippen LogP contribution in [-0.4, -0.2) is 34.7 Å². The van der Waals surface area contributed by atoms with Gasteiger partial charge in [0.25, 0.3) is 11.6 Å². The van der Waals surface area contributed by atoms with Gasteiger partial charge < -0.3 is 5.32 Å². The third-order valence-electron chi connectivity index (χ3n) is 3.00. The molecule has 1 aliphatic heterocycles. The van der Waals surface area contributed by atoms with Crippen LogP contribution in [0.4, 0.5) is 11.4 Å². The number of aryl methyl sites for hydroxylation is 1. The van der Waals surface area contributed by atoms with E-state index in [1.54, 1.807) is 13.0 Å². The van der Waals surface area contributed by atoms with Gasteiger partial charge >= 0.3 is 0 Å². The number of rotatable bonds is 3. The fourth-order valence-corrected chi connectivity index (χ4v) is 2.02. The lowest BCUT2D eigenvalue weighted by Gasteiger charge is -2.12. The average Bonchev–Trinajstić information content (AvgIpc) is 2.56. The van der Waals surface area contributed by atoms with E-state index in [4.69, 9.17) is 0 Å². The van der Waals surface area contributed by atoms with Crippen LogP contribution in [-0.2, 0) is 9.59 Å². The molecule has 19 heavy (non-hydrogen) atoms. The molecule has 1 unspecified atom stereocenters. The van der Waals surface area contributed by atoms with Gasteiger partial charge in [0, 0.05) is 24.9 Å². The van der Waals surface area contributed by atoms with E-state index in [0.717, 1.165) is 4.90 Å². The second-order valence-corrected chi connectivity index (χ2v) is 4.51. The molecule has 100 valence electrons. The maximum Gasteiger partial charge on any atom is 0.271 e. The second kappa shape index (κ2) is 4.68. The van der Waals surface area contributed by atoms with E-state index in [0.29, 0.717) is 11.3 Å². The Morgan fingerprint density at radius 1 is 1.37 bits per heavy atom. The summed E-state index contributed by atoms with van der Waals surface area (Å²) in [4.78, 5) is 34.4. The number of carbonyl (C=O) groups is 2. The van der Waals surface area contributed by atoms with Crippen molar-refractivity contribution in [3.8, 4) is 0 Å². The van der Waals surface area contributed by atoms with E-state index in [1.807, 2.05) is 0 Å². The Kier molecular flexibility index (Phi) is 3.20. The van der Waals surface area contributed by atoms with Gasteiger partial charge in [-0.2, -0.15) is 0 Å². The standard InChI is InChI=1S/C12H13N3O4/c1-7-3-8(5-9(4-7)15(18)19)13-10-6-11(16)14(2)12(10)17/h3-5,10,13H,6H2,1-2H3. The van der Waals surface area contributed by atoms with E-state index in [1.165, 1.54) is 19.2 Å². The van der Waals surface area contributed by atoms with Crippen molar-refractivity contribution in [1.29, 1.82) is 0 Å². The number of imide groups is 1. The molecule has 0 aliphatic carbocycles. The molecule has 2 amide bonds. The normalized spacial score (nSPS) is 18.8. The highest BCUT2D eigenvalue weighted by Crippen LogP contribution is 2.23. The number of likely N-dealkylation sites (tertiary alicyclic amines) is 1. The van der Waals surface area contributed by atoms with Crippen molar-refractivity contribution in [3.05, 3.63) is 33.9 Å². The number of nitrogens with one attached hydrogen (secondary N) is 1. The van der Waals surface area contributed by atoms with Crippen LogP contribution in [0.25, 0.3) is 0 Å². The number of hydrogen-bond acceptors (Lipinski definition) is 5. The molecule has 2 rings (SSSR count). The van der Waals surface area contributed by atoms with E-state index in [9.17, 15) is 19.7 Å². The summed E-state index contributed by atoms with van der Waals surface area (Å²) in [6, 6.07) is 3.84. The third kappa shape index (κ3) is 2.54. The van der Waals surface area contributed by atoms with Crippen LogP contribution in [0.1, 0.15) is 12.0 Å². The van der Waals surface area contributed by atoms with E-state index in [2.05, 4.69) is 5.32 Å². The van der Waals surface area contributed by atoms with Crippen LogP contribution in [0.3, 0.4) is 0 Å². The van der Waals surface area contributed by atoms with Crippen molar-refractivity contribution >= 4 is 23.2 Å². The number of amides is 2. The molecular weight excluding hydrogens is 250 g/mol. The van der Waals surface area contributed by atoms with Gasteiger partial charge in [0.1, 0.15) is 6.04 Å². The van der Waals surface area contributed by atoms with Crippen molar-refractivity contribution in [1.82, 2.24) is 4.90 Å². The molecule has 1 fully saturated rings. The summed E-state index contributed by atoms with van der Waals surface area (Å²) >= 11 is 0. The van der Waals surface area contributed by atoms with Gasteiger partial charge in [-0.25, -0.2) is 0 Å². The Labute approximate surface area is 109 Å². The molecule has 0 aromatic heterocycles. The molecule has 1 saturated heterocycles. The second-order valence-electron chi connectivity index (χ2n) is 4.51. The molecule has 1 N–H and O–H groups in total. The highest BCUT2D eigenvalue weighted by molar-refractivity contribution is 6.06. The SMILES string of the molecule is Cc1cc(NC2CC(=O)N(C)C2=O)cc([N+](=O)[O-])c1. The average molecular weight is 263 g/mol. The van der Waals surface area contributed by atoms with Crippen molar-refractivity contribution in [2.24, 2.45) is 0 Å². The monoisotopic (exact) mass is 263 g/mol. The van der Waals surface area contributed by atoms with Gasteiger partial charge in [-0.05, 0) is 18.6 Å². The lowest BCUT2D eigenvalue weighted by molar-refractivity contribution is -0.384. The number of anilines is 1. The fourth-order valence-electron chi connectivity index (χ4n) is 2.02. The summed E-state index contributed by atoms with van der Waals surface area (Å²) in [5, 5.41) is 13.6. The molecule has 7 heteroatoms. The minimum atomic E-state index is -0.654. The zero-order chi connectivity index (χ0) is 14.2. The van der Waals surface area contributed by atoms with Crippen LogP contribution in [0.15, 0.2) is 18.2 Å². The highest BCUT2D eigenvalue weighted by atomic mass is 16.6. The van der Waals surface area contributed by atoms with E-state index in [-0.39, 0.29) is 23.9 Å². The topological polar surface area (TPSA) is 92.6 Å². The van der Waals surface area contributed by atoms with Gasteiger partial charge in [-0.3, -0.25) is 24.6 Å². The minimum Gasteiger partial charge on any atom is -0.373 e. The zero-order valence-electron chi connectivity index (χ0n) is 10.5. The summed E-state index contributed by atoms with van der Waals surface area (Å²) in [5.74, 6) is -0.584. The largest absolute Gasteiger partial charge is 0.373 e. The summed E-state index contributed by atoms with van der Waals surface area (Å²) in [7, 11) is 1.42. The fraction of sp³-hybridized carbons (Fsp3) is 0.333. The lowest BCUT2D eigenvalue weighted by atomic mass is 10.1. The first-order chi connectivity index (χ1) is 8.88. The van der Waals surface area contributed by atoms with Crippen LogP contribution in [0.2, 0.25) is 0 Å². The lowest BCUT2D eigenvalue weighted by Crippen LogP contribution is -2.31. The van der Waals surface area contributed by atoms with Gasteiger partial charge in [-0.1, -0.05) is 0 Å². The first-order valence-corrected chi connectivity index (χ1v) is 5.71. The summed E-state index contributed by atoms with van der Waals surface area (Å²) < 4.78 is 0. The first-order valence-electron chi connectivity index (χ1n) is 5.71. The maximum absolute atomic E-state index is 11.7. The number of benzene rings is 1. The number of nitro benzene ring substituents is 1. The Morgan fingerprint density at radius 2 is 2.05 bits per heavy atom. The van der Waals surface area contributed by atoms with Gasteiger partial charge in [0.2, 0.25) is 5.91 Å². The Balaban J connectivity index is 2.22. The molecule has 1 heterocycles. The summed E-state index contributed by atoms with van der Waals surface area (Å²) in [5.41, 5.74) is 1.13. The minimum absolute atomic E-state index is 0.0485. The zero-order valence-corrected chi connectivity index (χ0v) is 10.5. The Hall–Kier alpha value is -2.44. The molecule has 1 aromatic rings. The molecule has 0 bridgehead atoms. The summed E-state index contributed by atoms with van der Waals surface area (Å²) in [6.45, 7) is 1.73. The number of non-ortho nitro benzene ring substituents is 1. The van der Waals surface area contributed by atoms with Crippen LogP contribution in [0.5, 0.6) is 0 Å². The van der Waals surface area contributed by atoms with Crippen molar-refractivity contribution < 1.29 is 14.5 Å². The number of likely N-dealkylation sites (N-methyl/N-ethyl adjacent to an activating group) is 1. The van der Waals surface area contributed by atoms with Crippen molar-refractivity contribution in [2.45, 2.75) is 19.4 Å². The predicted octanol–water partition coefficient (Wildman–Crippen LogP) is 1.07. The van der Waals surface area contributed by atoms with Crippen LogP contribution in [0, 0.1) is 17.0 Å². The molecule has 1 aromatic carbocycles. The molecule has 1 aliphatic rings. The van der Waals surface area contributed by atoms with Gasteiger partial charge in [0.15, 0.2) is 0 Å². The third-order valence-corrected chi connectivity index (χ3v) is 3.00. The molecular formula is C12H13N3O4. The van der Waals surface area contributed by atoms with Gasteiger partial charge in [0.05, 0.1) is 11.3 Å². The molecule has 0 saturated carbocycles. The Morgan fingerprint density at radius 3 is 2.58 bits per heavy atom. The Bertz CT molecular complexity index is 570. The number of hydrogen-bond donors (Lipinski definition) is 1. The number of carbonyl (C=O) groups excluding carboxylic acids is 2. The predicted molar refractivity (Wildman–Crippen MR) is 67.6 cm³/mol. The highest BCUT2D eigenvalue weighted by Gasteiger charge is 2.36. The van der Waals surface area contributed by atoms with Crippen molar-refractivity contribution in [2.75, 3.05) is 12.4 Å². The van der Waals surface area contributed by atoms with Crippen LogP contribution >= 0.6 is 0 Å². The molecule has 1 atom stereocenters.